The molecule has 0 radical (unpaired) electrons. The average Bonchev–Trinajstić information content (AvgIpc) is 3.11. The van der Waals surface area contributed by atoms with Gasteiger partial charge in [0.05, 0.1) is 13.2 Å². The number of nitrogens with zero attached hydrogens (tertiary/aromatic N) is 1. The minimum absolute atomic E-state index is 0.00548. The Kier molecular flexibility index (Phi) is 6.74. The van der Waals surface area contributed by atoms with Crippen molar-refractivity contribution < 1.29 is 19.1 Å². The van der Waals surface area contributed by atoms with Crippen molar-refractivity contribution >= 4 is 17.7 Å². The maximum atomic E-state index is 12.6. The molecular weight excluding hydrogens is 372 g/mol. The van der Waals surface area contributed by atoms with Gasteiger partial charge in [0.15, 0.2) is 0 Å². The predicted octanol–water partition coefficient (Wildman–Crippen LogP) is 0.671. The molecule has 2 aliphatic heterocycles. The van der Waals surface area contributed by atoms with Crippen molar-refractivity contribution in [3.8, 4) is 5.75 Å². The monoisotopic (exact) mass is 402 g/mol. The maximum Gasteiger partial charge on any atom is 0.251 e. The smallest absolute Gasteiger partial charge is 0.251 e. The SMILES string of the molecule is COc1ccc(C(=O)NC2CC3C(=O)NCC(CCC(=O)NC(C)C)N3C2)cc1. The molecular formula is C21H30N4O4. The number of carbonyl (C=O) groups excluding carboxylic acids is 3. The standard InChI is InChI=1S/C21H30N4O4/c1-13(2)23-19(26)9-6-16-11-22-21(28)18-10-15(12-25(16)18)24-20(27)14-4-7-17(29-3)8-5-14/h4-5,7-8,13,15-16,18H,6,9-12H2,1-3H3,(H,22,28)(H,23,26)(H,24,27). The van der Waals surface area contributed by atoms with Crippen LogP contribution in [0.5, 0.6) is 5.75 Å². The molecule has 2 heterocycles. The van der Waals surface area contributed by atoms with Gasteiger partial charge in [0.2, 0.25) is 11.8 Å². The zero-order valence-corrected chi connectivity index (χ0v) is 17.2. The number of amides is 3. The minimum atomic E-state index is -0.261. The van der Waals surface area contributed by atoms with Crippen LogP contribution in [0.15, 0.2) is 24.3 Å². The molecule has 2 aliphatic rings. The number of hydrogen-bond donors (Lipinski definition) is 3. The Hall–Kier alpha value is -2.61. The molecule has 8 heteroatoms. The first kappa shape index (κ1) is 21.1. The van der Waals surface area contributed by atoms with Crippen LogP contribution in [0.3, 0.4) is 0 Å². The molecule has 3 amide bonds. The van der Waals surface area contributed by atoms with Crippen molar-refractivity contribution in [3.05, 3.63) is 29.8 Å². The van der Waals surface area contributed by atoms with Crippen LogP contribution in [0.2, 0.25) is 0 Å². The molecule has 8 nitrogen and oxygen atoms in total. The Morgan fingerprint density at radius 3 is 2.66 bits per heavy atom. The summed E-state index contributed by atoms with van der Waals surface area (Å²) < 4.78 is 5.12. The van der Waals surface area contributed by atoms with Gasteiger partial charge < -0.3 is 20.7 Å². The lowest BCUT2D eigenvalue weighted by molar-refractivity contribution is -0.129. The lowest BCUT2D eigenvalue weighted by atomic mass is 10.0. The highest BCUT2D eigenvalue weighted by Crippen LogP contribution is 2.26. The van der Waals surface area contributed by atoms with E-state index in [0.717, 1.165) is 0 Å². The van der Waals surface area contributed by atoms with E-state index in [1.54, 1.807) is 31.4 Å². The number of hydrogen-bond acceptors (Lipinski definition) is 5. The van der Waals surface area contributed by atoms with E-state index in [1.165, 1.54) is 0 Å². The second kappa shape index (κ2) is 9.26. The van der Waals surface area contributed by atoms with Crippen LogP contribution >= 0.6 is 0 Å². The number of benzene rings is 1. The van der Waals surface area contributed by atoms with Gasteiger partial charge in [0.1, 0.15) is 5.75 Å². The highest BCUT2D eigenvalue weighted by molar-refractivity contribution is 5.94. The highest BCUT2D eigenvalue weighted by atomic mass is 16.5. The molecule has 1 aromatic rings. The molecule has 3 N–H and O–H groups in total. The summed E-state index contributed by atoms with van der Waals surface area (Å²) >= 11 is 0. The molecule has 158 valence electrons. The van der Waals surface area contributed by atoms with Crippen LogP contribution in [0, 0.1) is 0 Å². The van der Waals surface area contributed by atoms with Gasteiger partial charge in [-0.1, -0.05) is 0 Å². The Balaban J connectivity index is 1.57. The van der Waals surface area contributed by atoms with Gasteiger partial charge >= 0.3 is 0 Å². The van der Waals surface area contributed by atoms with E-state index < -0.39 is 0 Å². The van der Waals surface area contributed by atoms with Crippen LogP contribution in [0.4, 0.5) is 0 Å². The molecule has 0 saturated carbocycles. The molecule has 2 saturated heterocycles. The number of fused-ring (bicyclic) bond motifs is 1. The van der Waals surface area contributed by atoms with E-state index in [1.807, 2.05) is 13.8 Å². The second-order valence-corrected chi connectivity index (χ2v) is 8.01. The highest BCUT2D eigenvalue weighted by Gasteiger charge is 2.43. The molecule has 0 aliphatic carbocycles. The minimum Gasteiger partial charge on any atom is -0.497 e. The van der Waals surface area contributed by atoms with Crippen molar-refractivity contribution in [2.24, 2.45) is 0 Å². The van der Waals surface area contributed by atoms with Crippen molar-refractivity contribution in [2.75, 3.05) is 20.2 Å². The Labute approximate surface area is 171 Å². The van der Waals surface area contributed by atoms with Crippen LogP contribution in [0.1, 0.15) is 43.5 Å². The van der Waals surface area contributed by atoms with Gasteiger partial charge in [-0.15, -0.1) is 0 Å². The summed E-state index contributed by atoms with van der Waals surface area (Å²) in [6, 6.07) is 6.79. The largest absolute Gasteiger partial charge is 0.497 e. The summed E-state index contributed by atoms with van der Waals surface area (Å²) in [4.78, 5) is 39.0. The fraction of sp³-hybridized carbons (Fsp3) is 0.571. The number of nitrogens with one attached hydrogen (secondary N) is 3. The van der Waals surface area contributed by atoms with Crippen LogP contribution in [-0.2, 0) is 9.59 Å². The van der Waals surface area contributed by atoms with Crippen molar-refractivity contribution in [1.82, 2.24) is 20.9 Å². The topological polar surface area (TPSA) is 99.8 Å². The van der Waals surface area contributed by atoms with E-state index in [9.17, 15) is 14.4 Å². The van der Waals surface area contributed by atoms with Crippen molar-refractivity contribution in [2.45, 2.75) is 57.3 Å². The predicted molar refractivity (Wildman–Crippen MR) is 109 cm³/mol. The fourth-order valence-corrected chi connectivity index (χ4v) is 4.05. The Morgan fingerprint density at radius 1 is 1.28 bits per heavy atom. The lowest BCUT2D eigenvalue weighted by Crippen LogP contribution is -2.58. The summed E-state index contributed by atoms with van der Waals surface area (Å²) in [5.41, 5.74) is 0.557. The first-order chi connectivity index (χ1) is 13.9. The van der Waals surface area contributed by atoms with E-state index in [0.29, 0.717) is 43.7 Å². The Morgan fingerprint density at radius 2 is 2.00 bits per heavy atom. The van der Waals surface area contributed by atoms with Crippen LogP contribution in [-0.4, -0.2) is 67.0 Å². The molecule has 29 heavy (non-hydrogen) atoms. The van der Waals surface area contributed by atoms with Gasteiger partial charge in [0.25, 0.3) is 5.91 Å². The number of methoxy groups -OCH3 is 1. The van der Waals surface area contributed by atoms with Crippen molar-refractivity contribution in [3.63, 3.8) is 0 Å². The van der Waals surface area contributed by atoms with Crippen molar-refractivity contribution in [1.29, 1.82) is 0 Å². The normalized spacial score (nSPS) is 24.0. The third-order valence-corrected chi connectivity index (χ3v) is 5.46. The number of piperazine rings is 1. The molecule has 0 aromatic heterocycles. The summed E-state index contributed by atoms with van der Waals surface area (Å²) in [5.74, 6) is 0.553. The van der Waals surface area contributed by atoms with Gasteiger partial charge in [-0.25, -0.2) is 0 Å². The number of ether oxygens (including phenoxy) is 1. The third kappa shape index (κ3) is 5.26. The fourth-order valence-electron chi connectivity index (χ4n) is 4.05. The summed E-state index contributed by atoms with van der Waals surface area (Å²) in [6.45, 7) is 5.01. The van der Waals surface area contributed by atoms with Crippen LogP contribution in [0.25, 0.3) is 0 Å². The molecule has 3 unspecified atom stereocenters. The van der Waals surface area contributed by atoms with Crippen LogP contribution < -0.4 is 20.7 Å². The first-order valence-electron chi connectivity index (χ1n) is 10.1. The van der Waals surface area contributed by atoms with Gasteiger partial charge in [-0.2, -0.15) is 0 Å². The maximum absolute atomic E-state index is 12.6. The zero-order valence-electron chi connectivity index (χ0n) is 17.2. The molecule has 1 aromatic carbocycles. The average molecular weight is 402 g/mol. The lowest BCUT2D eigenvalue weighted by Gasteiger charge is -2.37. The summed E-state index contributed by atoms with van der Waals surface area (Å²) in [6.07, 6.45) is 1.67. The Bertz CT molecular complexity index is 750. The second-order valence-electron chi connectivity index (χ2n) is 8.01. The van der Waals surface area contributed by atoms with E-state index >= 15 is 0 Å². The summed E-state index contributed by atoms with van der Waals surface area (Å²) in [7, 11) is 1.58. The van der Waals surface area contributed by atoms with Gasteiger partial charge in [-0.05, 0) is 51.0 Å². The van der Waals surface area contributed by atoms with Gasteiger partial charge in [0, 0.05) is 43.2 Å². The third-order valence-electron chi connectivity index (χ3n) is 5.46. The van der Waals surface area contributed by atoms with Gasteiger partial charge in [-0.3, -0.25) is 19.3 Å². The molecule has 2 fully saturated rings. The quantitative estimate of drug-likeness (QED) is 0.623. The molecule has 0 spiro atoms. The summed E-state index contributed by atoms with van der Waals surface area (Å²) in [5, 5.41) is 8.89. The number of rotatable bonds is 7. The van der Waals surface area contributed by atoms with E-state index in [4.69, 9.17) is 4.74 Å². The van der Waals surface area contributed by atoms with E-state index in [-0.39, 0.29) is 41.9 Å². The molecule has 3 atom stereocenters. The first-order valence-corrected chi connectivity index (χ1v) is 10.1. The van der Waals surface area contributed by atoms with E-state index in [2.05, 4.69) is 20.9 Å². The molecule has 3 rings (SSSR count). The number of carbonyl (C=O) groups is 3. The zero-order chi connectivity index (χ0) is 21.0. The molecule has 0 bridgehead atoms.